The largest absolute Gasteiger partial charge is 0.508 e. The van der Waals surface area contributed by atoms with Gasteiger partial charge in [0.2, 0.25) is 0 Å². The van der Waals surface area contributed by atoms with Crippen LogP contribution < -0.4 is 56.8 Å². The third-order valence-corrected chi connectivity index (χ3v) is 10.8. The molecule has 0 aliphatic carbocycles. The predicted octanol–water partition coefficient (Wildman–Crippen LogP) is 7.63. The Morgan fingerprint density at radius 2 is 0.355 bits per heavy atom. The molecular formula is C48H51N9O36. The molecular weight excluding hydrogens is 1280 g/mol. The zero-order chi connectivity index (χ0) is 71.6. The van der Waals surface area contributed by atoms with Gasteiger partial charge in [0, 0.05) is 54.6 Å². The number of hydrogen-bond acceptors (Lipinski definition) is 36. The second-order valence-electron chi connectivity index (χ2n) is 15.9. The second kappa shape index (κ2) is 35.2. The van der Waals surface area contributed by atoms with Gasteiger partial charge in [-0.1, -0.05) is 0 Å². The highest BCUT2D eigenvalue weighted by Crippen LogP contribution is 2.58. The van der Waals surface area contributed by atoms with E-state index in [4.69, 9.17) is 43.7 Å². The molecule has 0 saturated carbocycles. The lowest BCUT2D eigenvalue weighted by atomic mass is 10.1. The van der Waals surface area contributed by atoms with E-state index in [1.165, 1.54) is 51.7 Å². The Hall–Kier alpha value is -13.7. The monoisotopic (exact) mass is 1330 g/mol. The minimum atomic E-state index is -1.54. The topological polar surface area (TPSA) is 620 Å². The highest BCUT2D eigenvalue weighted by molar-refractivity contribution is 5.84. The molecule has 0 aliphatic rings. The third-order valence-electron chi connectivity index (χ3n) is 10.8. The maximum absolute atomic E-state index is 11.1. The van der Waals surface area contributed by atoms with Gasteiger partial charge in [-0.3, -0.25) is 91.0 Å². The van der Waals surface area contributed by atoms with E-state index in [-0.39, 0.29) is 17.2 Å². The minimum Gasteiger partial charge on any atom is -0.508 e. The van der Waals surface area contributed by atoms with Crippen molar-refractivity contribution in [2.75, 3.05) is 85.3 Å². The lowest BCUT2D eigenvalue weighted by molar-refractivity contribution is -0.407. The number of rotatable bonds is 21. The zero-order valence-electron chi connectivity index (χ0n) is 49.7. The quantitative estimate of drug-likeness (QED) is 0.0298. The minimum absolute atomic E-state index is 0.00292. The van der Waals surface area contributed by atoms with Crippen LogP contribution in [-0.4, -0.2) is 160 Å². The summed E-state index contributed by atoms with van der Waals surface area (Å²) in [6, 6.07) is 14.2. The zero-order valence-corrected chi connectivity index (χ0v) is 49.7. The maximum Gasteiger partial charge on any atom is 0.367 e. The van der Waals surface area contributed by atoms with Crippen LogP contribution in [0.3, 0.4) is 0 Å². The number of benzene rings is 6. The van der Waals surface area contributed by atoms with Gasteiger partial charge in [-0.15, -0.1) is 0 Å². The van der Waals surface area contributed by atoms with Crippen LogP contribution in [0.5, 0.6) is 103 Å². The molecule has 0 spiro atoms. The van der Waals surface area contributed by atoms with Crippen LogP contribution >= 0.6 is 0 Å². The van der Waals surface area contributed by atoms with Gasteiger partial charge in [-0.2, -0.15) is 0 Å². The average molecular weight is 1330 g/mol. The molecule has 0 unspecified atom stereocenters. The van der Waals surface area contributed by atoms with Crippen molar-refractivity contribution in [1.29, 1.82) is 0 Å². The van der Waals surface area contributed by atoms with Gasteiger partial charge in [-0.25, -0.2) is 0 Å². The fraction of sp³-hybridized carbons (Fsp3) is 0.250. The van der Waals surface area contributed by atoms with Crippen molar-refractivity contribution in [2.24, 2.45) is 0 Å². The highest BCUT2D eigenvalue weighted by atomic mass is 16.7. The van der Waals surface area contributed by atoms with Crippen LogP contribution in [0, 0.1) is 91.0 Å². The molecule has 6 aromatic rings. The molecule has 45 heteroatoms. The van der Waals surface area contributed by atoms with Crippen molar-refractivity contribution in [3.8, 4) is 103 Å². The van der Waals surface area contributed by atoms with Gasteiger partial charge in [-0.05, 0) is 0 Å². The van der Waals surface area contributed by atoms with Crippen molar-refractivity contribution in [3.63, 3.8) is 0 Å². The predicted molar refractivity (Wildman–Crippen MR) is 307 cm³/mol. The normalized spacial score (nSPS) is 9.68. The number of ether oxygens (including phenoxy) is 12. The van der Waals surface area contributed by atoms with E-state index in [0.29, 0.717) is 17.2 Å². The number of phenols is 6. The summed E-state index contributed by atoms with van der Waals surface area (Å²) >= 11 is 0. The van der Waals surface area contributed by atoms with Gasteiger partial charge in [0.1, 0.15) is 51.7 Å². The Morgan fingerprint density at radius 3 is 0.527 bits per heavy atom. The maximum atomic E-state index is 11.1. The standard InChI is InChI=1S/C9H9N3O9.C9H12O3.C8H7N3O9.C8H10O3.C7H5N3O9.C7H8O3/c1-19-7-4(10(13)14)8(20-2)6(12(17)18)9(21-3)5(7)11(15)16;1-10-7-4-8(11-2)6-9(5-7)12-3;1-19-7-3(9(13)14)6(12)4(10(15)16)8(20-2)5(7)11(17)18;1-10-7-3-6(9)4-8(5-7)11-2;1-19-7-3(9(15)16)5(11)2(8(13)14)6(12)4(7)10(17)18;1-10-7-3-5(8)2-6(9)4-7/h1-3H3;4-6H,1-3H3;12H,1-2H3;3-5,9H,1-2H3;11-12H,1H3;2-4,8-9H,1H3. The molecule has 6 rings (SSSR count). The number of hydrogen-bond donors (Lipinski definition) is 6. The van der Waals surface area contributed by atoms with Crippen LogP contribution in [0.25, 0.3) is 0 Å². The van der Waals surface area contributed by atoms with Crippen LogP contribution in [0.4, 0.5) is 51.2 Å². The first-order valence-electron chi connectivity index (χ1n) is 23.7. The molecule has 0 saturated heterocycles. The smallest absolute Gasteiger partial charge is 0.367 e. The summed E-state index contributed by atoms with van der Waals surface area (Å²) in [7, 11) is 14.7. The number of nitrogens with zero attached hydrogens (tertiary/aromatic N) is 9. The van der Waals surface area contributed by atoms with E-state index < -0.39 is 147 Å². The van der Waals surface area contributed by atoms with E-state index in [0.717, 1.165) is 59.9 Å². The summed E-state index contributed by atoms with van der Waals surface area (Å²) in [5.41, 5.74) is -11.1. The molecule has 504 valence electrons. The summed E-state index contributed by atoms with van der Waals surface area (Å²) in [6.45, 7) is 0. The number of methoxy groups -OCH3 is 12. The molecule has 93 heavy (non-hydrogen) atoms. The van der Waals surface area contributed by atoms with Crippen LogP contribution in [-0.2, 0) is 0 Å². The molecule has 0 fully saturated rings. The first kappa shape index (κ1) is 77.3. The second-order valence-corrected chi connectivity index (χ2v) is 15.9. The average Bonchev–Trinajstić information content (AvgIpc) is 0.783. The van der Waals surface area contributed by atoms with E-state index in [1.54, 1.807) is 45.6 Å². The third kappa shape index (κ3) is 19.2. The van der Waals surface area contributed by atoms with Crippen molar-refractivity contribution in [3.05, 3.63) is 146 Å². The van der Waals surface area contributed by atoms with Gasteiger partial charge in [0.05, 0.1) is 130 Å². The lowest BCUT2D eigenvalue weighted by Crippen LogP contribution is -2.07. The summed E-state index contributed by atoms with van der Waals surface area (Å²) in [5, 5.41) is 153. The first-order valence-corrected chi connectivity index (χ1v) is 23.7. The molecule has 6 aromatic carbocycles. The van der Waals surface area contributed by atoms with E-state index in [1.807, 2.05) is 0 Å². The van der Waals surface area contributed by atoms with Gasteiger partial charge in [0.25, 0.3) is 51.7 Å². The van der Waals surface area contributed by atoms with Crippen molar-refractivity contribution in [2.45, 2.75) is 0 Å². The molecule has 0 radical (unpaired) electrons. The van der Waals surface area contributed by atoms with E-state index in [2.05, 4.69) is 28.4 Å². The molecule has 45 nitrogen and oxygen atoms in total. The van der Waals surface area contributed by atoms with Gasteiger partial charge < -0.3 is 87.5 Å². The molecule has 0 aliphatic heterocycles. The molecule has 0 amide bonds. The Kier molecular flexibility index (Phi) is 29.3. The lowest BCUT2D eigenvalue weighted by Gasteiger charge is -2.10. The number of phenolic OH excluding ortho intramolecular Hbond substituents is 6. The van der Waals surface area contributed by atoms with Crippen LogP contribution in [0.1, 0.15) is 0 Å². The fourth-order valence-electron chi connectivity index (χ4n) is 7.02. The molecule has 6 N–H and O–H groups in total. The Balaban J connectivity index is 0.000000570. The molecule has 0 heterocycles. The van der Waals surface area contributed by atoms with E-state index in [9.17, 15) is 106 Å². The summed E-state index contributed by atoms with van der Waals surface area (Å²) in [5.74, 6) is -5.91. The molecule has 0 aromatic heterocycles. The Bertz CT molecular complexity index is 3500. The molecule has 0 atom stereocenters. The van der Waals surface area contributed by atoms with Gasteiger partial charge in [0.15, 0.2) is 0 Å². The first-order chi connectivity index (χ1) is 43.6. The summed E-state index contributed by atoms with van der Waals surface area (Å²) < 4.78 is 57.0. The van der Waals surface area contributed by atoms with Crippen molar-refractivity contribution < 1.29 is 132 Å². The highest BCUT2D eigenvalue weighted by Gasteiger charge is 2.47. The summed E-state index contributed by atoms with van der Waals surface area (Å²) in [4.78, 5) is 87.0. The molecule has 0 bridgehead atoms. The number of nitro benzene ring substituents is 9. The number of aromatic hydroxyl groups is 6. The van der Waals surface area contributed by atoms with E-state index >= 15 is 0 Å². The fourth-order valence-corrected chi connectivity index (χ4v) is 7.02. The van der Waals surface area contributed by atoms with Crippen LogP contribution in [0.2, 0.25) is 0 Å². The summed E-state index contributed by atoms with van der Waals surface area (Å²) in [6.07, 6.45) is 0. The number of nitro groups is 9. The van der Waals surface area contributed by atoms with Crippen LogP contribution in [0.15, 0.2) is 54.6 Å². The van der Waals surface area contributed by atoms with Crippen molar-refractivity contribution in [1.82, 2.24) is 0 Å². The Labute approximate surface area is 516 Å². The van der Waals surface area contributed by atoms with Gasteiger partial charge >= 0.3 is 51.2 Å². The SMILES string of the molecule is COc1c([N+](=O)[O-])c(O)c([N+](=O)[O-])c(O)c1[N+](=O)[O-].COc1c([N+](=O)[O-])c(O)c([N+](=O)[O-])c(OC)c1[N+](=O)[O-].COc1c([N+](=O)[O-])c(OC)c([N+](=O)[O-])c(OC)c1[N+](=O)[O-].COc1cc(O)cc(O)c1.COc1cc(O)cc(OC)c1.COc1cc(OC)cc(OC)c1. The Morgan fingerprint density at radius 1 is 0.215 bits per heavy atom. The van der Waals surface area contributed by atoms with Crippen molar-refractivity contribution >= 4 is 51.2 Å².